The number of hydrogen-bond donors (Lipinski definition) is 1. The summed E-state index contributed by atoms with van der Waals surface area (Å²) in [5.41, 5.74) is 5.14. The summed E-state index contributed by atoms with van der Waals surface area (Å²) in [5.74, 6) is -0.639. The molecule has 0 saturated heterocycles. The van der Waals surface area contributed by atoms with Crippen LogP contribution in [0.15, 0.2) is 24.4 Å². The van der Waals surface area contributed by atoms with E-state index in [1.165, 1.54) is 18.4 Å². The van der Waals surface area contributed by atoms with Crippen LogP contribution in [0.5, 0.6) is 0 Å². The number of rotatable bonds is 2. The number of nitrogens with two attached hydrogens (primary N) is 1. The fraction of sp³-hybridized carbons (Fsp3) is 0.143. The summed E-state index contributed by atoms with van der Waals surface area (Å²) < 4.78 is 0. The van der Waals surface area contributed by atoms with Crippen LogP contribution in [0.4, 0.5) is 0 Å². The standard InChI is InChI=1S/C7H8N2O2/c8-4-1-5-9-6(10)2-3-7(9)11/h1-3,5H,4,8H2. The molecule has 0 aromatic rings. The van der Waals surface area contributed by atoms with Gasteiger partial charge in [0.1, 0.15) is 0 Å². The lowest BCUT2D eigenvalue weighted by Crippen LogP contribution is -2.23. The number of nitrogens with zero attached hydrogens (tertiary/aromatic N) is 1. The molecule has 0 saturated carbocycles. The molecule has 0 unspecified atom stereocenters. The summed E-state index contributed by atoms with van der Waals surface area (Å²) in [5, 5.41) is 0. The molecule has 0 aliphatic carbocycles. The zero-order chi connectivity index (χ0) is 8.27. The maximum atomic E-state index is 10.8. The van der Waals surface area contributed by atoms with Crippen molar-refractivity contribution in [3.05, 3.63) is 24.4 Å². The van der Waals surface area contributed by atoms with Gasteiger partial charge in [0, 0.05) is 24.9 Å². The van der Waals surface area contributed by atoms with E-state index in [0.717, 1.165) is 4.90 Å². The summed E-state index contributed by atoms with van der Waals surface area (Å²) in [6.45, 7) is 0.317. The highest BCUT2D eigenvalue weighted by Crippen LogP contribution is 2.02. The van der Waals surface area contributed by atoms with Gasteiger partial charge in [-0.3, -0.25) is 14.5 Å². The maximum absolute atomic E-state index is 10.8. The lowest BCUT2D eigenvalue weighted by Gasteiger charge is -2.05. The Morgan fingerprint density at radius 2 is 1.91 bits per heavy atom. The summed E-state index contributed by atoms with van der Waals surface area (Å²) in [6.07, 6.45) is 5.37. The molecule has 0 atom stereocenters. The Kier molecular flexibility index (Phi) is 2.18. The third-order valence-corrected chi connectivity index (χ3v) is 1.23. The maximum Gasteiger partial charge on any atom is 0.257 e. The molecule has 2 amide bonds. The Morgan fingerprint density at radius 1 is 1.36 bits per heavy atom. The van der Waals surface area contributed by atoms with Gasteiger partial charge in [0.05, 0.1) is 0 Å². The average molecular weight is 152 g/mol. The Balaban J connectivity index is 2.66. The van der Waals surface area contributed by atoms with Crippen LogP contribution in [-0.2, 0) is 9.59 Å². The summed E-state index contributed by atoms with van der Waals surface area (Å²) in [6, 6.07) is 0. The summed E-state index contributed by atoms with van der Waals surface area (Å²) >= 11 is 0. The van der Waals surface area contributed by atoms with E-state index in [0.29, 0.717) is 6.54 Å². The second-order valence-corrected chi connectivity index (χ2v) is 2.00. The number of carbonyl (C=O) groups is 2. The van der Waals surface area contributed by atoms with E-state index in [9.17, 15) is 9.59 Å². The third-order valence-electron chi connectivity index (χ3n) is 1.23. The molecule has 0 radical (unpaired) electrons. The monoisotopic (exact) mass is 152 g/mol. The smallest absolute Gasteiger partial charge is 0.257 e. The zero-order valence-electron chi connectivity index (χ0n) is 5.86. The molecular formula is C7H8N2O2. The number of carbonyl (C=O) groups excluding carboxylic acids is 2. The Bertz CT molecular complexity index is 225. The average Bonchev–Trinajstić information content (AvgIpc) is 2.29. The first-order valence-electron chi connectivity index (χ1n) is 3.17. The Morgan fingerprint density at radius 3 is 2.36 bits per heavy atom. The first kappa shape index (κ1) is 7.68. The van der Waals surface area contributed by atoms with Crippen molar-refractivity contribution in [3.63, 3.8) is 0 Å². The predicted molar refractivity (Wildman–Crippen MR) is 39.2 cm³/mol. The molecule has 0 bridgehead atoms. The Hall–Kier alpha value is -1.42. The predicted octanol–water partition coefficient (Wildman–Crippen LogP) is -0.616. The van der Waals surface area contributed by atoms with Crippen LogP contribution in [0.25, 0.3) is 0 Å². The summed E-state index contributed by atoms with van der Waals surface area (Å²) in [7, 11) is 0. The van der Waals surface area contributed by atoms with E-state index in [1.54, 1.807) is 6.08 Å². The van der Waals surface area contributed by atoms with Crippen LogP contribution < -0.4 is 5.73 Å². The van der Waals surface area contributed by atoms with Crippen molar-refractivity contribution in [2.24, 2.45) is 5.73 Å². The van der Waals surface area contributed by atoms with Gasteiger partial charge in [0.25, 0.3) is 11.8 Å². The molecule has 0 aromatic carbocycles. The van der Waals surface area contributed by atoms with Crippen molar-refractivity contribution in [2.75, 3.05) is 6.54 Å². The van der Waals surface area contributed by atoms with Gasteiger partial charge in [0.15, 0.2) is 0 Å². The first-order valence-corrected chi connectivity index (χ1v) is 3.17. The number of hydrogen-bond acceptors (Lipinski definition) is 3. The molecule has 4 nitrogen and oxygen atoms in total. The van der Waals surface area contributed by atoms with E-state index < -0.39 is 0 Å². The van der Waals surface area contributed by atoms with Crippen LogP contribution in [0, 0.1) is 0 Å². The molecule has 1 rings (SSSR count). The van der Waals surface area contributed by atoms with Crippen LogP contribution in [0.1, 0.15) is 0 Å². The highest BCUT2D eigenvalue weighted by molar-refractivity contribution is 6.13. The van der Waals surface area contributed by atoms with Gasteiger partial charge in [-0.05, 0) is 0 Å². The van der Waals surface area contributed by atoms with E-state index in [1.807, 2.05) is 0 Å². The van der Waals surface area contributed by atoms with Crippen LogP contribution in [-0.4, -0.2) is 23.3 Å². The van der Waals surface area contributed by atoms with Crippen LogP contribution >= 0.6 is 0 Å². The minimum absolute atomic E-state index is 0.317. The molecule has 1 aliphatic heterocycles. The zero-order valence-corrected chi connectivity index (χ0v) is 5.86. The highest BCUT2D eigenvalue weighted by atomic mass is 16.2. The minimum atomic E-state index is -0.320. The van der Waals surface area contributed by atoms with Crippen LogP contribution in [0.2, 0.25) is 0 Å². The van der Waals surface area contributed by atoms with Gasteiger partial charge in [-0.25, -0.2) is 0 Å². The molecule has 1 heterocycles. The van der Waals surface area contributed by atoms with E-state index in [-0.39, 0.29) is 11.8 Å². The van der Waals surface area contributed by atoms with Crippen molar-refractivity contribution < 1.29 is 9.59 Å². The summed E-state index contributed by atoms with van der Waals surface area (Å²) in [4.78, 5) is 22.6. The van der Waals surface area contributed by atoms with Crippen molar-refractivity contribution >= 4 is 11.8 Å². The second kappa shape index (κ2) is 3.12. The van der Waals surface area contributed by atoms with E-state index >= 15 is 0 Å². The quantitative estimate of drug-likeness (QED) is 0.536. The minimum Gasteiger partial charge on any atom is -0.327 e. The van der Waals surface area contributed by atoms with Crippen molar-refractivity contribution in [2.45, 2.75) is 0 Å². The largest absolute Gasteiger partial charge is 0.327 e. The van der Waals surface area contributed by atoms with Gasteiger partial charge >= 0.3 is 0 Å². The van der Waals surface area contributed by atoms with Crippen LogP contribution in [0.3, 0.4) is 0 Å². The number of amides is 2. The molecule has 58 valence electrons. The Labute approximate surface area is 64.0 Å². The highest BCUT2D eigenvalue weighted by Gasteiger charge is 2.19. The fourth-order valence-electron chi connectivity index (χ4n) is 0.725. The molecule has 0 aromatic heterocycles. The SMILES string of the molecule is NCC=CN1C(=O)C=CC1=O. The van der Waals surface area contributed by atoms with Gasteiger partial charge in [-0.15, -0.1) is 0 Å². The van der Waals surface area contributed by atoms with Crippen molar-refractivity contribution in [3.8, 4) is 0 Å². The topological polar surface area (TPSA) is 63.4 Å². The second-order valence-electron chi connectivity index (χ2n) is 2.00. The molecule has 4 heteroatoms. The van der Waals surface area contributed by atoms with Gasteiger partial charge < -0.3 is 5.73 Å². The van der Waals surface area contributed by atoms with Gasteiger partial charge in [0.2, 0.25) is 0 Å². The van der Waals surface area contributed by atoms with E-state index in [2.05, 4.69) is 0 Å². The molecule has 2 N–H and O–H groups in total. The van der Waals surface area contributed by atoms with Gasteiger partial charge in [-0.2, -0.15) is 0 Å². The molecule has 1 aliphatic rings. The van der Waals surface area contributed by atoms with Gasteiger partial charge in [-0.1, -0.05) is 6.08 Å². The van der Waals surface area contributed by atoms with Crippen molar-refractivity contribution in [1.29, 1.82) is 0 Å². The fourth-order valence-corrected chi connectivity index (χ4v) is 0.725. The normalized spacial score (nSPS) is 17.4. The van der Waals surface area contributed by atoms with E-state index in [4.69, 9.17) is 5.73 Å². The third kappa shape index (κ3) is 1.53. The lowest BCUT2D eigenvalue weighted by molar-refractivity contribution is -0.133. The molecule has 11 heavy (non-hydrogen) atoms. The first-order chi connectivity index (χ1) is 5.25. The molecule has 0 spiro atoms. The van der Waals surface area contributed by atoms with Crippen molar-refractivity contribution in [1.82, 2.24) is 4.90 Å². The molecule has 0 fully saturated rings. The number of imide groups is 1. The molecular weight excluding hydrogens is 144 g/mol. The lowest BCUT2D eigenvalue weighted by atomic mass is 10.5.